The summed E-state index contributed by atoms with van der Waals surface area (Å²) in [4.78, 5) is 33.4. The Balaban J connectivity index is 1.61. The maximum atomic E-state index is 14.0. The molecule has 2 aromatic rings. The summed E-state index contributed by atoms with van der Waals surface area (Å²) in [5, 5.41) is 10.7. The van der Waals surface area contributed by atoms with Gasteiger partial charge in [0.25, 0.3) is 5.19 Å². The number of amides is 1. The quantitative estimate of drug-likeness (QED) is 0.415. The van der Waals surface area contributed by atoms with Crippen molar-refractivity contribution < 1.29 is 19.4 Å². The zero-order valence-corrected chi connectivity index (χ0v) is 24.0. The van der Waals surface area contributed by atoms with Crippen LogP contribution in [0.25, 0.3) is 0 Å². The molecule has 0 saturated heterocycles. The van der Waals surface area contributed by atoms with Gasteiger partial charge in [0.15, 0.2) is 0 Å². The maximum absolute atomic E-state index is 14.0. The summed E-state index contributed by atoms with van der Waals surface area (Å²) >= 11 is 2.42. The molecule has 0 aromatic carbocycles. The van der Waals surface area contributed by atoms with Gasteiger partial charge in [0, 0.05) is 28.9 Å². The highest BCUT2D eigenvalue weighted by molar-refractivity contribution is 7.15. The van der Waals surface area contributed by atoms with E-state index in [-0.39, 0.29) is 34.3 Å². The van der Waals surface area contributed by atoms with Crippen LogP contribution in [0.15, 0.2) is 6.07 Å². The van der Waals surface area contributed by atoms with Crippen LogP contribution in [-0.4, -0.2) is 38.5 Å². The van der Waals surface area contributed by atoms with Crippen LogP contribution in [0.1, 0.15) is 99.4 Å². The van der Waals surface area contributed by atoms with E-state index in [1.54, 1.807) is 0 Å². The summed E-state index contributed by atoms with van der Waals surface area (Å²) in [6, 6.07) is 1.75. The molecule has 0 unspecified atom stereocenters. The van der Waals surface area contributed by atoms with Gasteiger partial charge in [-0.3, -0.25) is 4.79 Å². The van der Waals surface area contributed by atoms with Crippen molar-refractivity contribution in [3.63, 3.8) is 0 Å². The molecule has 7 nitrogen and oxygen atoms in total. The Morgan fingerprint density at radius 3 is 2.35 bits per heavy atom. The molecule has 9 heteroatoms. The lowest BCUT2D eigenvalue weighted by molar-refractivity contribution is -0.124. The fraction of sp³-hybridized carbons (Fsp3) is 0.643. The summed E-state index contributed by atoms with van der Waals surface area (Å²) < 4.78 is 10.3. The molecule has 0 spiro atoms. The molecule has 2 saturated carbocycles. The van der Waals surface area contributed by atoms with Gasteiger partial charge in [-0.1, -0.05) is 18.8 Å². The lowest BCUT2D eigenvalue weighted by Crippen LogP contribution is -2.47. The lowest BCUT2D eigenvalue weighted by atomic mass is 9.81. The highest BCUT2D eigenvalue weighted by Crippen LogP contribution is 2.39. The van der Waals surface area contributed by atoms with E-state index in [2.05, 4.69) is 28.1 Å². The molecule has 200 valence electrons. The molecule has 0 aliphatic heterocycles. The van der Waals surface area contributed by atoms with Crippen molar-refractivity contribution in [2.45, 2.75) is 98.1 Å². The molecule has 2 aromatic heterocycles. The smallest absolute Gasteiger partial charge is 0.348 e. The van der Waals surface area contributed by atoms with Gasteiger partial charge in [-0.25, -0.2) is 4.79 Å². The Labute approximate surface area is 227 Å². The monoisotopic (exact) mass is 543 g/mol. The highest BCUT2D eigenvalue weighted by atomic mass is 32.1. The number of rotatable bonds is 6. The number of aromatic carboxylic acids is 1. The van der Waals surface area contributed by atoms with Crippen LogP contribution in [-0.2, 0) is 4.79 Å². The average Bonchev–Trinajstić information content (AvgIpc) is 3.45. The van der Waals surface area contributed by atoms with Crippen LogP contribution in [0, 0.1) is 36.0 Å². The zero-order chi connectivity index (χ0) is 26.7. The molecule has 0 bridgehead atoms. The van der Waals surface area contributed by atoms with E-state index in [9.17, 15) is 14.7 Å². The molecule has 2 heterocycles. The topological polar surface area (TPSA) is 92.6 Å². The van der Waals surface area contributed by atoms with Crippen LogP contribution >= 0.6 is 22.9 Å². The second kappa shape index (κ2) is 11.5. The molecule has 1 N–H and O–H groups in total. The van der Waals surface area contributed by atoms with Gasteiger partial charge in [-0.05, 0) is 91.0 Å². The molecule has 2 aliphatic rings. The molecule has 1 amide bonds. The molecular weight excluding hydrogens is 506 g/mol. The third-order valence-corrected chi connectivity index (χ3v) is 8.84. The van der Waals surface area contributed by atoms with Crippen LogP contribution in [0.3, 0.4) is 0 Å². The number of aryl methyl sites for hydroxylation is 1. The highest BCUT2D eigenvalue weighted by Gasteiger charge is 2.38. The minimum Gasteiger partial charge on any atom is -0.477 e. The number of hydrogen-bond donors (Lipinski definition) is 1. The van der Waals surface area contributed by atoms with Gasteiger partial charge in [-0.2, -0.15) is 9.36 Å². The SMILES string of the molecule is Cc1nsc(OC2CCC(N(c3cc(C#CC(C)(C)C)sc3C(=O)O)C(=O)[C@H]3CC[C@H](C)CC3)CC2)n1. The van der Waals surface area contributed by atoms with Crippen LogP contribution in [0.2, 0.25) is 0 Å². The van der Waals surface area contributed by atoms with Gasteiger partial charge in [0.2, 0.25) is 5.91 Å². The number of ether oxygens (including phenoxy) is 1. The van der Waals surface area contributed by atoms with Crippen molar-refractivity contribution in [3.05, 3.63) is 21.6 Å². The Kier molecular flexibility index (Phi) is 8.59. The predicted octanol–water partition coefficient (Wildman–Crippen LogP) is 6.55. The average molecular weight is 544 g/mol. The Morgan fingerprint density at radius 2 is 1.78 bits per heavy atom. The molecule has 37 heavy (non-hydrogen) atoms. The van der Waals surface area contributed by atoms with Gasteiger partial charge in [0.1, 0.15) is 16.8 Å². The summed E-state index contributed by atoms with van der Waals surface area (Å²) in [7, 11) is 0. The third kappa shape index (κ3) is 7.11. The number of carbonyl (C=O) groups is 2. The number of carbonyl (C=O) groups excluding carboxylic acids is 1. The summed E-state index contributed by atoms with van der Waals surface area (Å²) in [5.74, 6) is 6.67. The first-order valence-corrected chi connectivity index (χ1v) is 14.8. The lowest BCUT2D eigenvalue weighted by Gasteiger charge is -2.39. The van der Waals surface area contributed by atoms with E-state index < -0.39 is 5.97 Å². The van der Waals surface area contributed by atoms with E-state index >= 15 is 0 Å². The van der Waals surface area contributed by atoms with E-state index in [1.807, 2.05) is 38.7 Å². The maximum Gasteiger partial charge on any atom is 0.348 e. The molecule has 2 aliphatic carbocycles. The summed E-state index contributed by atoms with van der Waals surface area (Å²) in [6.45, 7) is 10.2. The fourth-order valence-corrected chi connectivity index (χ4v) is 6.56. The Hall–Kier alpha value is -2.44. The molecular formula is C28H37N3O4S2. The molecule has 0 radical (unpaired) electrons. The fourth-order valence-electron chi connectivity index (χ4n) is 5.11. The van der Waals surface area contributed by atoms with E-state index in [0.29, 0.717) is 27.5 Å². The number of thiophene rings is 1. The van der Waals surface area contributed by atoms with Crippen molar-refractivity contribution >= 4 is 40.4 Å². The predicted molar refractivity (Wildman–Crippen MR) is 148 cm³/mol. The molecule has 0 atom stereocenters. The number of aromatic nitrogens is 2. The first kappa shape index (κ1) is 27.6. The number of hydrogen-bond acceptors (Lipinski definition) is 7. The third-order valence-electron chi connectivity index (χ3n) is 7.11. The van der Waals surface area contributed by atoms with Crippen LogP contribution in [0.4, 0.5) is 5.69 Å². The second-order valence-corrected chi connectivity index (χ2v) is 13.2. The summed E-state index contributed by atoms with van der Waals surface area (Å²) in [6.07, 6.45) is 6.84. The first-order chi connectivity index (χ1) is 17.5. The van der Waals surface area contributed by atoms with Gasteiger partial charge < -0.3 is 14.7 Å². The summed E-state index contributed by atoms with van der Waals surface area (Å²) in [5.41, 5.74) is 0.301. The van der Waals surface area contributed by atoms with Gasteiger partial charge >= 0.3 is 5.97 Å². The number of carboxylic acids is 1. The largest absolute Gasteiger partial charge is 0.477 e. The van der Waals surface area contributed by atoms with Gasteiger partial charge in [0.05, 0.1) is 10.6 Å². The van der Waals surface area contributed by atoms with Crippen LogP contribution in [0.5, 0.6) is 5.19 Å². The molecule has 4 rings (SSSR count). The number of carboxylic acid groups (broad SMARTS) is 1. The molecule has 2 fully saturated rings. The van der Waals surface area contributed by atoms with Crippen molar-refractivity contribution in [1.82, 2.24) is 9.36 Å². The Bertz CT molecular complexity index is 1170. The van der Waals surface area contributed by atoms with Crippen molar-refractivity contribution in [1.29, 1.82) is 0 Å². The second-order valence-electron chi connectivity index (χ2n) is 11.5. The van der Waals surface area contributed by atoms with E-state index in [4.69, 9.17) is 4.74 Å². The van der Waals surface area contributed by atoms with Crippen molar-refractivity contribution in [2.24, 2.45) is 17.3 Å². The minimum absolute atomic E-state index is 0.0192. The number of anilines is 1. The van der Waals surface area contributed by atoms with Gasteiger partial charge in [-0.15, -0.1) is 11.3 Å². The number of nitrogens with zero attached hydrogens (tertiary/aromatic N) is 3. The zero-order valence-electron chi connectivity index (χ0n) is 22.4. The minimum atomic E-state index is -1.01. The first-order valence-electron chi connectivity index (χ1n) is 13.2. The Morgan fingerprint density at radius 1 is 1.11 bits per heavy atom. The normalized spacial score (nSPS) is 24.1. The standard InChI is InChI=1S/C28H37N3O4S2/c1-17-6-8-19(9-7-17)25(32)31(20-10-12-21(13-11-20)35-27-29-18(2)30-37-27)23-16-22(14-15-28(3,4)5)36-24(23)26(33)34/h16-17,19-21H,6-13H2,1-5H3,(H,33,34)/t17-,19-,20?,21?. The van der Waals surface area contributed by atoms with Crippen molar-refractivity contribution in [3.8, 4) is 17.0 Å². The van der Waals surface area contributed by atoms with Crippen LogP contribution < -0.4 is 9.64 Å². The van der Waals surface area contributed by atoms with Crippen molar-refractivity contribution in [2.75, 3.05) is 4.90 Å². The van der Waals surface area contributed by atoms with E-state index in [1.165, 1.54) is 11.5 Å². The van der Waals surface area contributed by atoms with E-state index in [0.717, 1.165) is 62.7 Å².